The number of aromatic hydroxyl groups is 1. The Bertz CT molecular complexity index is 898. The predicted octanol–water partition coefficient (Wildman–Crippen LogP) is 2.73. The molecule has 0 aliphatic carbocycles. The van der Waals surface area contributed by atoms with Crippen molar-refractivity contribution in [2.45, 2.75) is 20.0 Å². The lowest BCUT2D eigenvalue weighted by atomic mass is 10.2. The zero-order valence-electron chi connectivity index (χ0n) is 15.2. The van der Waals surface area contributed by atoms with Gasteiger partial charge in [0.2, 0.25) is 5.91 Å². The smallest absolute Gasteiger partial charge is 0.339 e. The number of hydrogen-bond donors (Lipinski definition) is 3. The van der Waals surface area contributed by atoms with Crippen molar-refractivity contribution in [3.8, 4) is 11.5 Å². The summed E-state index contributed by atoms with van der Waals surface area (Å²) in [5, 5.41) is 12.3. The normalized spacial score (nSPS) is 11.4. The van der Waals surface area contributed by atoms with Gasteiger partial charge in [0, 0.05) is 11.3 Å². The molecule has 0 radical (unpaired) electrons. The molecular weight excluding hydrogens is 388 g/mol. The first-order valence-corrected chi connectivity index (χ1v) is 8.67. The van der Waals surface area contributed by atoms with E-state index in [4.69, 9.17) is 26.8 Å². The Balaban J connectivity index is 2.05. The van der Waals surface area contributed by atoms with Gasteiger partial charge in [-0.15, -0.1) is 0 Å². The molecule has 2 rings (SSSR count). The average molecular weight is 407 g/mol. The standard InChI is InChI=1S/C19H19ClN2O6/c1-3-27-15-9-12(8-14(20)16(15)23)19(26)28-10(2)18(25)22-13-6-4-11(5-7-13)17(21)24/h4-10,23H,3H2,1-2H3,(H2,21,24)(H,22,25)/t10-/m0/s1. The van der Waals surface area contributed by atoms with Gasteiger partial charge in [0.25, 0.3) is 5.91 Å². The fraction of sp³-hybridized carbons (Fsp3) is 0.211. The summed E-state index contributed by atoms with van der Waals surface area (Å²) >= 11 is 5.89. The second-order valence-electron chi connectivity index (χ2n) is 5.72. The first kappa shape index (κ1) is 21.0. The monoisotopic (exact) mass is 406 g/mol. The quantitative estimate of drug-likeness (QED) is 0.606. The molecule has 0 aliphatic rings. The second kappa shape index (κ2) is 9.09. The zero-order valence-corrected chi connectivity index (χ0v) is 15.9. The molecule has 2 amide bonds. The number of nitrogens with one attached hydrogen (secondary N) is 1. The highest BCUT2D eigenvalue weighted by Crippen LogP contribution is 2.35. The molecule has 0 aliphatic heterocycles. The highest BCUT2D eigenvalue weighted by molar-refractivity contribution is 6.32. The van der Waals surface area contributed by atoms with E-state index in [0.717, 1.165) is 0 Å². The van der Waals surface area contributed by atoms with E-state index in [1.54, 1.807) is 6.92 Å². The zero-order chi connectivity index (χ0) is 20.8. The summed E-state index contributed by atoms with van der Waals surface area (Å²) in [6.45, 7) is 3.37. The number of ether oxygens (including phenoxy) is 2. The first-order chi connectivity index (χ1) is 13.2. The molecule has 0 spiro atoms. The van der Waals surface area contributed by atoms with E-state index in [9.17, 15) is 19.5 Å². The number of rotatable bonds is 7. The largest absolute Gasteiger partial charge is 0.503 e. The van der Waals surface area contributed by atoms with E-state index in [0.29, 0.717) is 11.3 Å². The third-order valence-electron chi connectivity index (χ3n) is 3.65. The number of carbonyl (C=O) groups is 3. The van der Waals surface area contributed by atoms with Gasteiger partial charge in [0.15, 0.2) is 17.6 Å². The van der Waals surface area contributed by atoms with Crippen LogP contribution in [-0.4, -0.2) is 35.6 Å². The van der Waals surface area contributed by atoms with E-state index in [2.05, 4.69) is 5.32 Å². The Kier molecular flexibility index (Phi) is 6.84. The van der Waals surface area contributed by atoms with Gasteiger partial charge >= 0.3 is 5.97 Å². The van der Waals surface area contributed by atoms with E-state index >= 15 is 0 Å². The van der Waals surface area contributed by atoms with Crippen LogP contribution in [0.1, 0.15) is 34.6 Å². The van der Waals surface area contributed by atoms with Crippen LogP contribution in [0.15, 0.2) is 36.4 Å². The number of phenols is 1. The molecule has 28 heavy (non-hydrogen) atoms. The Morgan fingerprint density at radius 2 is 1.82 bits per heavy atom. The Labute approximate surface area is 166 Å². The number of anilines is 1. The van der Waals surface area contributed by atoms with Gasteiger partial charge in [-0.2, -0.15) is 0 Å². The fourth-order valence-electron chi connectivity index (χ4n) is 2.20. The summed E-state index contributed by atoms with van der Waals surface area (Å²) in [6, 6.07) is 8.42. The van der Waals surface area contributed by atoms with Crippen molar-refractivity contribution in [2.24, 2.45) is 5.73 Å². The van der Waals surface area contributed by atoms with E-state index in [1.807, 2.05) is 0 Å². The molecule has 0 unspecified atom stereocenters. The summed E-state index contributed by atoms with van der Waals surface area (Å²) in [7, 11) is 0. The Hall–Kier alpha value is -3.26. The van der Waals surface area contributed by atoms with Gasteiger partial charge in [0.1, 0.15) is 0 Å². The van der Waals surface area contributed by atoms with Crippen molar-refractivity contribution in [3.05, 3.63) is 52.5 Å². The molecule has 9 heteroatoms. The number of halogens is 1. The van der Waals surface area contributed by atoms with Crippen LogP contribution in [0, 0.1) is 0 Å². The van der Waals surface area contributed by atoms with Crippen LogP contribution in [0.5, 0.6) is 11.5 Å². The maximum absolute atomic E-state index is 12.3. The van der Waals surface area contributed by atoms with Gasteiger partial charge in [0.05, 0.1) is 17.2 Å². The molecule has 0 fully saturated rings. The number of hydrogen-bond acceptors (Lipinski definition) is 6. The van der Waals surface area contributed by atoms with E-state index < -0.39 is 23.9 Å². The van der Waals surface area contributed by atoms with E-state index in [1.165, 1.54) is 43.3 Å². The lowest BCUT2D eigenvalue weighted by Gasteiger charge is -2.15. The van der Waals surface area contributed by atoms with Gasteiger partial charge < -0.3 is 25.6 Å². The van der Waals surface area contributed by atoms with Gasteiger partial charge in [-0.05, 0) is 50.2 Å². The molecule has 0 heterocycles. The number of phenolic OH excluding ortho intramolecular Hbond substituents is 1. The molecule has 0 saturated carbocycles. The Morgan fingerprint density at radius 3 is 2.39 bits per heavy atom. The van der Waals surface area contributed by atoms with Crippen LogP contribution in [0.4, 0.5) is 5.69 Å². The molecule has 1 atom stereocenters. The number of primary amides is 1. The first-order valence-electron chi connectivity index (χ1n) is 8.30. The lowest BCUT2D eigenvalue weighted by molar-refractivity contribution is -0.123. The SMILES string of the molecule is CCOc1cc(C(=O)O[C@@H](C)C(=O)Nc2ccc(C(N)=O)cc2)cc(Cl)c1O. The highest BCUT2D eigenvalue weighted by Gasteiger charge is 2.21. The molecule has 8 nitrogen and oxygen atoms in total. The highest BCUT2D eigenvalue weighted by atomic mass is 35.5. The molecular formula is C19H19ClN2O6. The minimum atomic E-state index is -1.12. The number of esters is 1. The van der Waals surface area contributed by atoms with Crippen molar-refractivity contribution in [3.63, 3.8) is 0 Å². The average Bonchev–Trinajstić information content (AvgIpc) is 2.65. The van der Waals surface area contributed by atoms with Crippen molar-refractivity contribution < 1.29 is 29.0 Å². The lowest BCUT2D eigenvalue weighted by Crippen LogP contribution is -2.30. The summed E-state index contributed by atoms with van der Waals surface area (Å²) < 4.78 is 10.4. The van der Waals surface area contributed by atoms with Crippen molar-refractivity contribution in [2.75, 3.05) is 11.9 Å². The molecule has 0 bridgehead atoms. The second-order valence-corrected chi connectivity index (χ2v) is 6.12. The summed E-state index contributed by atoms with van der Waals surface area (Å²) in [5.41, 5.74) is 5.88. The van der Waals surface area contributed by atoms with Gasteiger partial charge in [-0.25, -0.2) is 4.79 Å². The van der Waals surface area contributed by atoms with Gasteiger partial charge in [-0.3, -0.25) is 9.59 Å². The fourth-order valence-corrected chi connectivity index (χ4v) is 2.41. The van der Waals surface area contributed by atoms with Crippen LogP contribution >= 0.6 is 11.6 Å². The Morgan fingerprint density at radius 1 is 1.18 bits per heavy atom. The van der Waals surface area contributed by atoms with Crippen LogP contribution in [0.25, 0.3) is 0 Å². The van der Waals surface area contributed by atoms with E-state index in [-0.39, 0.29) is 28.7 Å². The number of amides is 2. The van der Waals surface area contributed by atoms with Crippen molar-refractivity contribution in [1.82, 2.24) is 0 Å². The number of nitrogens with two attached hydrogens (primary N) is 1. The predicted molar refractivity (Wildman–Crippen MR) is 103 cm³/mol. The molecule has 4 N–H and O–H groups in total. The maximum atomic E-state index is 12.3. The van der Waals surface area contributed by atoms with Crippen LogP contribution in [-0.2, 0) is 9.53 Å². The van der Waals surface area contributed by atoms with Crippen molar-refractivity contribution in [1.29, 1.82) is 0 Å². The number of benzene rings is 2. The number of carbonyl (C=O) groups excluding carboxylic acids is 3. The molecule has 0 saturated heterocycles. The molecule has 2 aromatic rings. The molecule has 0 aromatic heterocycles. The molecule has 2 aromatic carbocycles. The summed E-state index contributed by atoms with van der Waals surface area (Å²) in [5.74, 6) is -2.22. The maximum Gasteiger partial charge on any atom is 0.339 e. The minimum Gasteiger partial charge on any atom is -0.503 e. The van der Waals surface area contributed by atoms with Crippen LogP contribution in [0.3, 0.4) is 0 Å². The summed E-state index contributed by atoms with van der Waals surface area (Å²) in [4.78, 5) is 35.6. The topological polar surface area (TPSA) is 128 Å². The molecule has 148 valence electrons. The van der Waals surface area contributed by atoms with Crippen LogP contribution < -0.4 is 15.8 Å². The third kappa shape index (κ3) is 5.14. The van der Waals surface area contributed by atoms with Crippen LogP contribution in [0.2, 0.25) is 5.02 Å². The minimum absolute atomic E-state index is 0.0247. The summed E-state index contributed by atoms with van der Waals surface area (Å²) in [6.07, 6.45) is -1.12. The van der Waals surface area contributed by atoms with Crippen molar-refractivity contribution >= 4 is 35.1 Å². The van der Waals surface area contributed by atoms with Gasteiger partial charge in [-0.1, -0.05) is 11.6 Å². The third-order valence-corrected chi connectivity index (χ3v) is 3.94.